The molecular weight excluding hydrogens is 352 g/mol. The number of benzene rings is 2. The summed E-state index contributed by atoms with van der Waals surface area (Å²) in [6.45, 7) is 4.16. The molecule has 0 aliphatic carbocycles. The van der Waals surface area contributed by atoms with Gasteiger partial charge in [0.05, 0.1) is 11.9 Å². The molecule has 2 heterocycles. The number of anilines is 4. The maximum Gasteiger partial charge on any atom is 0.332 e. The van der Waals surface area contributed by atoms with Crippen LogP contribution in [-0.2, 0) is 0 Å². The van der Waals surface area contributed by atoms with Crippen molar-refractivity contribution < 1.29 is 4.79 Å². The zero-order valence-corrected chi connectivity index (χ0v) is 15.9. The van der Waals surface area contributed by atoms with Crippen molar-refractivity contribution in [1.82, 2.24) is 15.1 Å². The Hall–Kier alpha value is -3.32. The lowest BCUT2D eigenvalue weighted by Crippen LogP contribution is -2.44. The van der Waals surface area contributed by atoms with Gasteiger partial charge in [0.15, 0.2) is 0 Å². The molecule has 2 amide bonds. The van der Waals surface area contributed by atoms with Gasteiger partial charge in [-0.3, -0.25) is 5.10 Å². The van der Waals surface area contributed by atoms with Gasteiger partial charge in [-0.2, -0.15) is 5.10 Å². The van der Waals surface area contributed by atoms with Gasteiger partial charge < -0.3 is 15.1 Å². The lowest BCUT2D eigenvalue weighted by atomic mass is 10.2. The van der Waals surface area contributed by atoms with Crippen LogP contribution in [0.15, 0.2) is 66.9 Å². The van der Waals surface area contributed by atoms with Gasteiger partial charge in [0.25, 0.3) is 0 Å². The van der Waals surface area contributed by atoms with Crippen molar-refractivity contribution in [2.24, 2.45) is 0 Å². The van der Waals surface area contributed by atoms with E-state index < -0.39 is 0 Å². The van der Waals surface area contributed by atoms with Gasteiger partial charge in [-0.15, -0.1) is 0 Å². The highest BCUT2D eigenvalue weighted by molar-refractivity contribution is 6.06. The fourth-order valence-electron chi connectivity index (χ4n) is 3.32. The number of rotatable bonds is 4. The Balaban J connectivity index is 1.48. The molecule has 3 aromatic rings. The van der Waals surface area contributed by atoms with Crippen LogP contribution in [0.4, 0.5) is 27.7 Å². The number of hydrogen-bond donors (Lipinski definition) is 2. The third-order valence-electron chi connectivity index (χ3n) is 4.93. The van der Waals surface area contributed by atoms with Crippen molar-refractivity contribution in [3.8, 4) is 0 Å². The molecule has 28 heavy (non-hydrogen) atoms. The van der Waals surface area contributed by atoms with Crippen LogP contribution in [0.25, 0.3) is 0 Å². The number of nitrogens with zero attached hydrogens (tertiary/aromatic N) is 4. The van der Waals surface area contributed by atoms with Gasteiger partial charge in [-0.05, 0) is 43.4 Å². The molecule has 0 atom stereocenters. The van der Waals surface area contributed by atoms with E-state index in [9.17, 15) is 4.79 Å². The minimum Gasteiger partial charge on any atom is -0.369 e. The van der Waals surface area contributed by atoms with E-state index in [0.717, 1.165) is 37.6 Å². The second-order valence-electron chi connectivity index (χ2n) is 6.88. The van der Waals surface area contributed by atoms with Crippen molar-refractivity contribution in [3.63, 3.8) is 0 Å². The molecule has 4 rings (SSSR count). The molecule has 1 saturated heterocycles. The molecular formula is C21H24N6O. The SMILES string of the molecule is CN1CCN(c2ccc(NC(=O)N(c3ccccc3)c3ccn[nH]3)cc2)CC1. The standard InChI is InChI=1S/C21H24N6O/c1-25-13-15-26(16-14-25)18-9-7-17(8-10-18)23-21(28)27(20-11-12-22-24-20)19-5-3-2-4-6-19/h2-12H,13-16H2,1H3,(H,22,24)(H,23,28). The molecule has 7 heteroatoms. The molecule has 1 aliphatic heterocycles. The van der Waals surface area contributed by atoms with Gasteiger partial charge in [0, 0.05) is 43.6 Å². The first-order valence-corrected chi connectivity index (χ1v) is 9.40. The number of likely N-dealkylation sites (N-methyl/N-ethyl adjacent to an activating group) is 1. The summed E-state index contributed by atoms with van der Waals surface area (Å²) < 4.78 is 0. The Morgan fingerprint density at radius 2 is 1.71 bits per heavy atom. The molecule has 2 aromatic carbocycles. The maximum atomic E-state index is 13.0. The first kappa shape index (κ1) is 18.1. The zero-order valence-electron chi connectivity index (χ0n) is 15.9. The Bertz CT molecular complexity index is 886. The minimum atomic E-state index is -0.247. The Kier molecular flexibility index (Phi) is 5.25. The molecule has 1 aliphatic rings. The number of aromatic amines is 1. The van der Waals surface area contributed by atoms with Gasteiger partial charge in [-0.1, -0.05) is 18.2 Å². The minimum absolute atomic E-state index is 0.247. The fraction of sp³-hybridized carbons (Fsp3) is 0.238. The topological polar surface area (TPSA) is 67.5 Å². The molecule has 1 fully saturated rings. The van der Waals surface area contributed by atoms with E-state index in [4.69, 9.17) is 0 Å². The summed E-state index contributed by atoms with van der Waals surface area (Å²) in [5.41, 5.74) is 2.70. The second kappa shape index (κ2) is 8.14. The summed E-state index contributed by atoms with van der Waals surface area (Å²) in [7, 11) is 2.15. The summed E-state index contributed by atoms with van der Waals surface area (Å²) in [6.07, 6.45) is 1.63. The van der Waals surface area contributed by atoms with Crippen molar-refractivity contribution in [2.45, 2.75) is 0 Å². The average Bonchev–Trinajstić information content (AvgIpc) is 3.24. The summed E-state index contributed by atoms with van der Waals surface area (Å²) >= 11 is 0. The molecule has 0 unspecified atom stereocenters. The highest BCUT2D eigenvalue weighted by atomic mass is 16.2. The number of para-hydroxylation sites is 1. The second-order valence-corrected chi connectivity index (χ2v) is 6.88. The summed E-state index contributed by atoms with van der Waals surface area (Å²) in [4.78, 5) is 19.3. The van der Waals surface area contributed by atoms with Crippen molar-refractivity contribution >= 4 is 28.9 Å². The lowest BCUT2D eigenvalue weighted by Gasteiger charge is -2.34. The molecule has 0 saturated carbocycles. The Morgan fingerprint density at radius 1 is 1.00 bits per heavy atom. The van der Waals surface area contributed by atoms with Crippen molar-refractivity contribution in [3.05, 3.63) is 66.9 Å². The van der Waals surface area contributed by atoms with Crippen LogP contribution >= 0.6 is 0 Å². The highest BCUT2D eigenvalue weighted by Gasteiger charge is 2.19. The number of amides is 2. The summed E-state index contributed by atoms with van der Waals surface area (Å²) in [6, 6.07) is 19.0. The van der Waals surface area contributed by atoms with Crippen LogP contribution in [-0.4, -0.2) is 54.4 Å². The molecule has 0 radical (unpaired) electrons. The van der Waals surface area contributed by atoms with Crippen LogP contribution in [0.2, 0.25) is 0 Å². The van der Waals surface area contributed by atoms with E-state index in [0.29, 0.717) is 5.82 Å². The predicted molar refractivity (Wildman–Crippen MR) is 112 cm³/mol. The van der Waals surface area contributed by atoms with Crippen LogP contribution in [0, 0.1) is 0 Å². The smallest absolute Gasteiger partial charge is 0.332 e. The number of piperazine rings is 1. The molecule has 2 N–H and O–H groups in total. The van der Waals surface area contributed by atoms with Gasteiger partial charge in [-0.25, -0.2) is 9.69 Å². The van der Waals surface area contributed by atoms with E-state index in [1.807, 2.05) is 42.5 Å². The van der Waals surface area contributed by atoms with E-state index in [1.54, 1.807) is 17.2 Å². The fourth-order valence-corrected chi connectivity index (χ4v) is 3.32. The normalized spacial score (nSPS) is 14.7. The third-order valence-corrected chi connectivity index (χ3v) is 4.93. The maximum absolute atomic E-state index is 13.0. The number of nitrogens with one attached hydrogen (secondary N) is 2. The number of aromatic nitrogens is 2. The average molecular weight is 376 g/mol. The number of carbonyl (C=O) groups excluding carboxylic acids is 1. The van der Waals surface area contributed by atoms with Crippen LogP contribution in [0.5, 0.6) is 0 Å². The Morgan fingerprint density at radius 3 is 2.36 bits per heavy atom. The van der Waals surface area contributed by atoms with Gasteiger partial charge in [0.1, 0.15) is 5.82 Å². The van der Waals surface area contributed by atoms with E-state index in [1.165, 1.54) is 5.69 Å². The van der Waals surface area contributed by atoms with Gasteiger partial charge >= 0.3 is 6.03 Å². The van der Waals surface area contributed by atoms with Crippen LogP contribution < -0.4 is 15.1 Å². The number of H-pyrrole nitrogens is 1. The lowest BCUT2D eigenvalue weighted by molar-refractivity contribution is 0.259. The quantitative estimate of drug-likeness (QED) is 0.731. The summed E-state index contributed by atoms with van der Waals surface area (Å²) in [5.74, 6) is 0.609. The Labute approximate surface area is 164 Å². The van der Waals surface area contributed by atoms with E-state index in [2.05, 4.69) is 44.5 Å². The molecule has 0 bridgehead atoms. The highest BCUT2D eigenvalue weighted by Crippen LogP contribution is 2.25. The van der Waals surface area contributed by atoms with E-state index >= 15 is 0 Å². The largest absolute Gasteiger partial charge is 0.369 e. The first-order chi connectivity index (χ1) is 13.7. The van der Waals surface area contributed by atoms with Crippen molar-refractivity contribution in [2.75, 3.05) is 48.3 Å². The van der Waals surface area contributed by atoms with Crippen LogP contribution in [0.3, 0.4) is 0 Å². The molecule has 1 aromatic heterocycles. The number of hydrogen-bond acceptors (Lipinski definition) is 4. The number of urea groups is 1. The summed E-state index contributed by atoms with van der Waals surface area (Å²) in [5, 5.41) is 9.81. The number of carbonyl (C=O) groups is 1. The first-order valence-electron chi connectivity index (χ1n) is 9.40. The zero-order chi connectivity index (χ0) is 19.3. The van der Waals surface area contributed by atoms with Gasteiger partial charge in [0.2, 0.25) is 0 Å². The molecule has 144 valence electrons. The monoisotopic (exact) mass is 376 g/mol. The van der Waals surface area contributed by atoms with Crippen molar-refractivity contribution in [1.29, 1.82) is 0 Å². The van der Waals surface area contributed by atoms with Crippen LogP contribution in [0.1, 0.15) is 0 Å². The molecule has 7 nitrogen and oxygen atoms in total. The predicted octanol–water partition coefficient (Wildman–Crippen LogP) is 3.53. The molecule has 0 spiro atoms. The van der Waals surface area contributed by atoms with E-state index in [-0.39, 0.29) is 6.03 Å². The third kappa shape index (κ3) is 3.99.